The molecule has 130 valence electrons. The van der Waals surface area contributed by atoms with Crippen molar-refractivity contribution in [1.82, 2.24) is 5.32 Å². The maximum atomic E-state index is 13.6. The van der Waals surface area contributed by atoms with E-state index in [1.807, 2.05) is 0 Å². The molecule has 0 aliphatic carbocycles. The Morgan fingerprint density at radius 1 is 1.12 bits per heavy atom. The normalized spacial score (nSPS) is 13.8. The van der Waals surface area contributed by atoms with E-state index in [1.165, 1.54) is 12.1 Å². The van der Waals surface area contributed by atoms with Crippen LogP contribution in [0.5, 0.6) is 5.75 Å². The van der Waals surface area contributed by atoms with Gasteiger partial charge in [0.1, 0.15) is 17.4 Å². The second kappa shape index (κ2) is 8.12. The molecule has 0 saturated heterocycles. The van der Waals surface area contributed by atoms with Crippen LogP contribution in [0.15, 0.2) is 42.5 Å². The van der Waals surface area contributed by atoms with E-state index in [0.29, 0.717) is 5.56 Å². The van der Waals surface area contributed by atoms with Crippen LogP contribution in [0.3, 0.4) is 0 Å². The van der Waals surface area contributed by atoms with Crippen LogP contribution in [-0.2, 0) is 0 Å². The van der Waals surface area contributed by atoms with Gasteiger partial charge in [-0.1, -0.05) is 12.1 Å². The first-order valence-corrected chi connectivity index (χ1v) is 7.28. The number of rotatable bonds is 7. The van der Waals surface area contributed by atoms with Crippen LogP contribution in [-0.4, -0.2) is 18.3 Å². The Balaban J connectivity index is 1.99. The first kappa shape index (κ1) is 18.2. The van der Waals surface area contributed by atoms with Crippen molar-refractivity contribution in [2.75, 3.05) is 6.54 Å². The van der Waals surface area contributed by atoms with E-state index in [-0.39, 0.29) is 23.9 Å². The number of benzene rings is 2. The lowest BCUT2D eigenvalue weighted by Gasteiger charge is -2.19. The zero-order valence-corrected chi connectivity index (χ0v) is 12.8. The molecule has 0 aliphatic heterocycles. The van der Waals surface area contributed by atoms with Gasteiger partial charge in [0.2, 0.25) is 0 Å². The minimum Gasteiger partial charge on any atom is -0.435 e. The van der Waals surface area contributed by atoms with Crippen LogP contribution >= 0.6 is 0 Å². The zero-order valence-electron chi connectivity index (χ0n) is 12.8. The third-order valence-electron chi connectivity index (χ3n) is 3.52. The molecule has 0 aromatic heterocycles. The molecule has 2 unspecified atom stereocenters. The van der Waals surface area contributed by atoms with Crippen molar-refractivity contribution in [1.29, 1.82) is 0 Å². The lowest BCUT2D eigenvalue weighted by atomic mass is 10.1. The van der Waals surface area contributed by atoms with Crippen LogP contribution in [0, 0.1) is 11.6 Å². The molecule has 0 saturated carbocycles. The molecular weight excluding hydrogens is 326 g/mol. The summed E-state index contributed by atoms with van der Waals surface area (Å²) in [5.74, 6) is -1.33. The van der Waals surface area contributed by atoms with Gasteiger partial charge in [0.25, 0.3) is 0 Å². The summed E-state index contributed by atoms with van der Waals surface area (Å²) in [5, 5.41) is 12.9. The minimum absolute atomic E-state index is 0.0212. The summed E-state index contributed by atoms with van der Waals surface area (Å²) in [6.07, 6.45) is -1.25. The topological polar surface area (TPSA) is 41.5 Å². The van der Waals surface area contributed by atoms with E-state index in [9.17, 15) is 22.7 Å². The Morgan fingerprint density at radius 2 is 1.88 bits per heavy atom. The van der Waals surface area contributed by atoms with Crippen LogP contribution in [0.1, 0.15) is 30.2 Å². The number of aliphatic hydroxyl groups is 1. The smallest absolute Gasteiger partial charge is 0.387 e. The van der Waals surface area contributed by atoms with Gasteiger partial charge >= 0.3 is 6.61 Å². The van der Waals surface area contributed by atoms with Crippen molar-refractivity contribution in [2.45, 2.75) is 25.7 Å². The first-order valence-electron chi connectivity index (χ1n) is 7.28. The molecule has 3 nitrogen and oxygen atoms in total. The lowest BCUT2D eigenvalue weighted by molar-refractivity contribution is -0.0499. The standard InChI is InChI=1S/C17H17F4NO2/c1-10(11-3-2-4-13(7-11)24-17(20)21)22-9-16(23)14-8-12(18)5-6-15(14)19/h2-8,10,16-17,22-23H,9H2,1H3. The quantitative estimate of drug-likeness (QED) is 0.748. The van der Waals surface area contributed by atoms with Gasteiger partial charge in [0.15, 0.2) is 0 Å². The van der Waals surface area contributed by atoms with Crippen molar-refractivity contribution >= 4 is 0 Å². The molecule has 0 spiro atoms. The molecule has 24 heavy (non-hydrogen) atoms. The molecule has 2 N–H and O–H groups in total. The van der Waals surface area contributed by atoms with E-state index in [1.54, 1.807) is 19.1 Å². The Kier molecular flexibility index (Phi) is 6.16. The molecule has 0 fully saturated rings. The highest BCUT2D eigenvalue weighted by Gasteiger charge is 2.16. The Labute approximate surface area is 136 Å². The van der Waals surface area contributed by atoms with E-state index in [0.717, 1.165) is 18.2 Å². The van der Waals surface area contributed by atoms with Gasteiger partial charge in [-0.25, -0.2) is 8.78 Å². The second-order valence-electron chi connectivity index (χ2n) is 5.26. The van der Waals surface area contributed by atoms with Gasteiger partial charge in [-0.15, -0.1) is 0 Å². The number of ether oxygens (including phenoxy) is 1. The molecule has 7 heteroatoms. The molecule has 2 rings (SSSR count). The molecule has 2 aromatic carbocycles. The molecule has 2 atom stereocenters. The molecule has 0 aliphatic rings. The third-order valence-corrected chi connectivity index (χ3v) is 3.52. The summed E-state index contributed by atoms with van der Waals surface area (Å²) in [6, 6.07) is 8.64. The van der Waals surface area contributed by atoms with Crippen molar-refractivity contribution in [3.05, 3.63) is 65.2 Å². The molecule has 0 radical (unpaired) electrons. The molecular formula is C17H17F4NO2. The Hall–Kier alpha value is -2.12. The van der Waals surface area contributed by atoms with Gasteiger partial charge < -0.3 is 15.2 Å². The van der Waals surface area contributed by atoms with E-state index in [2.05, 4.69) is 10.1 Å². The number of hydrogen-bond acceptors (Lipinski definition) is 3. The number of hydrogen-bond donors (Lipinski definition) is 2. The number of alkyl halides is 2. The maximum absolute atomic E-state index is 13.6. The Morgan fingerprint density at radius 3 is 2.58 bits per heavy atom. The predicted molar refractivity (Wildman–Crippen MR) is 80.8 cm³/mol. The van der Waals surface area contributed by atoms with E-state index in [4.69, 9.17) is 0 Å². The van der Waals surface area contributed by atoms with E-state index < -0.39 is 24.3 Å². The van der Waals surface area contributed by atoms with Gasteiger partial charge in [-0.05, 0) is 42.8 Å². The van der Waals surface area contributed by atoms with Gasteiger partial charge in [-0.3, -0.25) is 0 Å². The highest BCUT2D eigenvalue weighted by atomic mass is 19.3. The largest absolute Gasteiger partial charge is 0.435 e. The highest BCUT2D eigenvalue weighted by Crippen LogP contribution is 2.22. The SMILES string of the molecule is CC(NCC(O)c1cc(F)ccc1F)c1cccc(OC(F)F)c1. The maximum Gasteiger partial charge on any atom is 0.387 e. The summed E-state index contributed by atoms with van der Waals surface area (Å²) in [6.45, 7) is -1.21. The summed E-state index contributed by atoms with van der Waals surface area (Å²) in [4.78, 5) is 0. The first-order chi connectivity index (χ1) is 11.4. The van der Waals surface area contributed by atoms with Crippen LogP contribution in [0.4, 0.5) is 17.6 Å². The zero-order chi connectivity index (χ0) is 17.7. The van der Waals surface area contributed by atoms with Crippen LogP contribution in [0.2, 0.25) is 0 Å². The number of aliphatic hydroxyl groups excluding tert-OH is 1. The number of nitrogens with one attached hydrogen (secondary N) is 1. The van der Waals surface area contributed by atoms with E-state index >= 15 is 0 Å². The molecule has 0 bridgehead atoms. The van der Waals surface area contributed by atoms with Crippen LogP contribution in [0.25, 0.3) is 0 Å². The van der Waals surface area contributed by atoms with Gasteiger partial charge in [0.05, 0.1) is 6.10 Å². The van der Waals surface area contributed by atoms with Gasteiger partial charge in [-0.2, -0.15) is 8.78 Å². The third kappa shape index (κ3) is 4.94. The van der Waals surface area contributed by atoms with Crippen molar-refractivity contribution in [2.24, 2.45) is 0 Å². The average molecular weight is 343 g/mol. The van der Waals surface area contributed by atoms with Crippen molar-refractivity contribution < 1.29 is 27.4 Å². The molecule has 0 heterocycles. The fourth-order valence-corrected chi connectivity index (χ4v) is 2.25. The minimum atomic E-state index is -2.92. The fourth-order valence-electron chi connectivity index (χ4n) is 2.25. The predicted octanol–water partition coefficient (Wildman–Crippen LogP) is 3.95. The summed E-state index contributed by atoms with van der Waals surface area (Å²) in [5.41, 5.74) is 0.504. The number of halogens is 4. The lowest BCUT2D eigenvalue weighted by Crippen LogP contribution is -2.25. The molecule has 2 aromatic rings. The summed E-state index contributed by atoms with van der Waals surface area (Å²) >= 11 is 0. The highest BCUT2D eigenvalue weighted by molar-refractivity contribution is 5.30. The van der Waals surface area contributed by atoms with Crippen molar-refractivity contribution in [3.63, 3.8) is 0 Å². The van der Waals surface area contributed by atoms with Crippen molar-refractivity contribution in [3.8, 4) is 5.75 Å². The summed E-state index contributed by atoms with van der Waals surface area (Å²) < 4.78 is 55.5. The summed E-state index contributed by atoms with van der Waals surface area (Å²) in [7, 11) is 0. The van der Waals surface area contributed by atoms with Gasteiger partial charge in [0, 0.05) is 18.2 Å². The Bertz CT molecular complexity index is 681. The average Bonchev–Trinajstić information content (AvgIpc) is 2.54. The second-order valence-corrected chi connectivity index (χ2v) is 5.26. The fraction of sp³-hybridized carbons (Fsp3) is 0.294. The van der Waals surface area contributed by atoms with Crippen LogP contribution < -0.4 is 10.1 Å². The molecule has 0 amide bonds. The monoisotopic (exact) mass is 343 g/mol.